The van der Waals surface area contributed by atoms with Crippen LogP contribution in [-0.4, -0.2) is 5.91 Å². The summed E-state index contributed by atoms with van der Waals surface area (Å²) in [5.41, 5.74) is 7.02. The Kier molecular flexibility index (Phi) is 4.02. The highest BCUT2D eigenvalue weighted by molar-refractivity contribution is 6.31. The van der Waals surface area contributed by atoms with Gasteiger partial charge in [0.25, 0.3) is 5.91 Å². The van der Waals surface area contributed by atoms with Gasteiger partial charge in [0, 0.05) is 12.2 Å². The van der Waals surface area contributed by atoms with Crippen LogP contribution >= 0.6 is 11.6 Å². The van der Waals surface area contributed by atoms with Crippen molar-refractivity contribution in [2.45, 2.75) is 6.54 Å². The minimum atomic E-state index is -0.709. The van der Waals surface area contributed by atoms with Gasteiger partial charge in [-0.25, -0.2) is 4.39 Å². The van der Waals surface area contributed by atoms with Gasteiger partial charge < -0.3 is 11.1 Å². The van der Waals surface area contributed by atoms with Crippen molar-refractivity contribution >= 4 is 23.2 Å². The Morgan fingerprint density at radius 1 is 1.21 bits per heavy atom. The van der Waals surface area contributed by atoms with Gasteiger partial charge in [0.15, 0.2) is 5.82 Å². The molecule has 5 heteroatoms. The number of rotatable bonds is 3. The summed E-state index contributed by atoms with van der Waals surface area (Å²) in [6.07, 6.45) is 0. The average molecular weight is 279 g/mol. The lowest BCUT2D eigenvalue weighted by Gasteiger charge is -2.07. The first-order valence-electron chi connectivity index (χ1n) is 5.64. The van der Waals surface area contributed by atoms with E-state index in [4.69, 9.17) is 17.3 Å². The van der Waals surface area contributed by atoms with Gasteiger partial charge in [0.05, 0.1) is 10.6 Å². The molecule has 1 amide bonds. The summed E-state index contributed by atoms with van der Waals surface area (Å²) >= 11 is 5.62. The second-order valence-corrected chi connectivity index (χ2v) is 4.43. The molecule has 98 valence electrons. The van der Waals surface area contributed by atoms with E-state index in [-0.39, 0.29) is 10.6 Å². The SMILES string of the molecule is Nc1ccc(CNC(=O)c2cccc(Cl)c2F)cc1. The van der Waals surface area contributed by atoms with Gasteiger partial charge in [-0.3, -0.25) is 4.79 Å². The molecule has 2 aromatic rings. The van der Waals surface area contributed by atoms with Gasteiger partial charge in [-0.15, -0.1) is 0 Å². The summed E-state index contributed by atoms with van der Waals surface area (Å²) in [6, 6.07) is 11.4. The van der Waals surface area contributed by atoms with Gasteiger partial charge in [-0.05, 0) is 29.8 Å². The Bertz CT molecular complexity index is 599. The van der Waals surface area contributed by atoms with Crippen LogP contribution in [-0.2, 0) is 6.54 Å². The van der Waals surface area contributed by atoms with Gasteiger partial charge in [0.1, 0.15) is 0 Å². The van der Waals surface area contributed by atoms with E-state index in [1.54, 1.807) is 24.3 Å². The number of anilines is 1. The molecule has 0 aliphatic rings. The lowest BCUT2D eigenvalue weighted by molar-refractivity contribution is 0.0947. The topological polar surface area (TPSA) is 55.1 Å². The maximum Gasteiger partial charge on any atom is 0.254 e. The Balaban J connectivity index is 2.05. The first kappa shape index (κ1) is 13.4. The van der Waals surface area contributed by atoms with Crippen molar-refractivity contribution in [3.8, 4) is 0 Å². The summed E-state index contributed by atoms with van der Waals surface area (Å²) in [5, 5.41) is 2.56. The fourth-order valence-electron chi connectivity index (χ4n) is 1.59. The molecule has 0 heterocycles. The monoisotopic (exact) mass is 278 g/mol. The maximum atomic E-state index is 13.6. The summed E-state index contributed by atoms with van der Waals surface area (Å²) in [6.45, 7) is 0.297. The van der Waals surface area contributed by atoms with Crippen molar-refractivity contribution in [1.29, 1.82) is 0 Å². The molecule has 0 aliphatic heterocycles. The number of nitrogens with one attached hydrogen (secondary N) is 1. The second kappa shape index (κ2) is 5.71. The molecule has 0 atom stereocenters. The third-order valence-electron chi connectivity index (χ3n) is 2.63. The van der Waals surface area contributed by atoms with Crippen LogP contribution in [0.1, 0.15) is 15.9 Å². The molecule has 0 radical (unpaired) electrons. The van der Waals surface area contributed by atoms with E-state index in [1.807, 2.05) is 0 Å². The minimum absolute atomic E-state index is 0.0667. The second-order valence-electron chi connectivity index (χ2n) is 4.03. The van der Waals surface area contributed by atoms with Gasteiger partial charge in [0.2, 0.25) is 0 Å². The number of hydrogen-bond acceptors (Lipinski definition) is 2. The summed E-state index contributed by atoms with van der Waals surface area (Å²) in [7, 11) is 0. The predicted molar refractivity (Wildman–Crippen MR) is 73.4 cm³/mol. The molecular weight excluding hydrogens is 267 g/mol. The van der Waals surface area contributed by atoms with Crippen molar-refractivity contribution in [2.75, 3.05) is 5.73 Å². The molecule has 0 saturated heterocycles. The van der Waals surface area contributed by atoms with Gasteiger partial charge >= 0.3 is 0 Å². The van der Waals surface area contributed by atoms with Crippen LogP contribution in [0.5, 0.6) is 0 Å². The average Bonchev–Trinajstić information content (AvgIpc) is 2.41. The Labute approximate surface area is 115 Å². The highest BCUT2D eigenvalue weighted by Gasteiger charge is 2.13. The van der Waals surface area contributed by atoms with Crippen LogP contribution in [0.3, 0.4) is 0 Å². The van der Waals surface area contributed by atoms with E-state index in [9.17, 15) is 9.18 Å². The Morgan fingerprint density at radius 3 is 2.58 bits per heavy atom. The predicted octanol–water partition coefficient (Wildman–Crippen LogP) is 2.99. The lowest BCUT2D eigenvalue weighted by Crippen LogP contribution is -2.23. The number of carbonyl (C=O) groups excluding carboxylic acids is 1. The third-order valence-corrected chi connectivity index (χ3v) is 2.92. The minimum Gasteiger partial charge on any atom is -0.399 e. The molecule has 0 aromatic heterocycles. The zero-order valence-corrected chi connectivity index (χ0v) is 10.7. The van der Waals surface area contributed by atoms with Crippen molar-refractivity contribution in [3.05, 3.63) is 64.4 Å². The highest BCUT2D eigenvalue weighted by atomic mass is 35.5. The van der Waals surface area contributed by atoms with E-state index < -0.39 is 11.7 Å². The van der Waals surface area contributed by atoms with E-state index in [0.29, 0.717) is 12.2 Å². The molecule has 0 spiro atoms. The molecule has 19 heavy (non-hydrogen) atoms. The molecular formula is C14H12ClFN2O. The quantitative estimate of drug-likeness (QED) is 0.848. The van der Waals surface area contributed by atoms with Gasteiger partial charge in [-0.1, -0.05) is 29.8 Å². The molecule has 3 N–H and O–H groups in total. The van der Waals surface area contributed by atoms with Gasteiger partial charge in [-0.2, -0.15) is 0 Å². The number of hydrogen-bond donors (Lipinski definition) is 2. The summed E-state index contributed by atoms with van der Waals surface area (Å²) in [5.74, 6) is -1.21. The summed E-state index contributed by atoms with van der Waals surface area (Å²) in [4.78, 5) is 11.8. The van der Waals surface area contributed by atoms with Crippen LogP contribution < -0.4 is 11.1 Å². The van der Waals surface area contributed by atoms with Crippen LogP contribution in [0.4, 0.5) is 10.1 Å². The molecule has 3 nitrogen and oxygen atoms in total. The normalized spacial score (nSPS) is 10.2. The molecule has 2 aromatic carbocycles. The molecule has 0 unspecified atom stereocenters. The molecule has 0 saturated carbocycles. The van der Waals surface area contributed by atoms with E-state index in [1.165, 1.54) is 18.2 Å². The highest BCUT2D eigenvalue weighted by Crippen LogP contribution is 2.17. The molecule has 0 aliphatic carbocycles. The smallest absolute Gasteiger partial charge is 0.254 e. The molecule has 0 fully saturated rings. The summed E-state index contributed by atoms with van der Waals surface area (Å²) < 4.78 is 13.6. The van der Waals surface area contributed by atoms with E-state index >= 15 is 0 Å². The Morgan fingerprint density at radius 2 is 1.89 bits per heavy atom. The number of amides is 1. The Hall–Kier alpha value is -2.07. The third kappa shape index (κ3) is 3.23. The standard InChI is InChI=1S/C14H12ClFN2O/c15-12-3-1-2-11(13(12)16)14(19)18-8-9-4-6-10(17)7-5-9/h1-7H,8,17H2,(H,18,19). The fourth-order valence-corrected chi connectivity index (χ4v) is 1.77. The van der Waals surface area contributed by atoms with Crippen molar-refractivity contribution in [1.82, 2.24) is 5.32 Å². The first-order chi connectivity index (χ1) is 9.08. The number of nitrogen functional groups attached to an aromatic ring is 1. The van der Waals surface area contributed by atoms with E-state index in [2.05, 4.69) is 5.32 Å². The van der Waals surface area contributed by atoms with Crippen LogP contribution in [0, 0.1) is 5.82 Å². The first-order valence-corrected chi connectivity index (χ1v) is 6.02. The van der Waals surface area contributed by atoms with Crippen molar-refractivity contribution < 1.29 is 9.18 Å². The van der Waals surface area contributed by atoms with Crippen molar-refractivity contribution in [3.63, 3.8) is 0 Å². The number of benzene rings is 2. The number of halogens is 2. The largest absolute Gasteiger partial charge is 0.399 e. The number of carbonyl (C=O) groups is 1. The zero-order chi connectivity index (χ0) is 13.8. The van der Waals surface area contributed by atoms with Crippen LogP contribution in [0.25, 0.3) is 0 Å². The zero-order valence-electron chi connectivity index (χ0n) is 9.99. The van der Waals surface area contributed by atoms with Crippen LogP contribution in [0.15, 0.2) is 42.5 Å². The number of nitrogens with two attached hydrogens (primary N) is 1. The fraction of sp³-hybridized carbons (Fsp3) is 0.0714. The van der Waals surface area contributed by atoms with E-state index in [0.717, 1.165) is 5.56 Å². The van der Waals surface area contributed by atoms with Crippen LogP contribution in [0.2, 0.25) is 5.02 Å². The van der Waals surface area contributed by atoms with Crippen molar-refractivity contribution in [2.24, 2.45) is 0 Å². The molecule has 0 bridgehead atoms. The molecule has 2 rings (SSSR count). The lowest BCUT2D eigenvalue weighted by atomic mass is 10.1. The maximum absolute atomic E-state index is 13.6.